The Morgan fingerprint density at radius 2 is 2.14 bits per heavy atom. The zero-order valence-electron chi connectivity index (χ0n) is 20.0. The van der Waals surface area contributed by atoms with Crippen molar-refractivity contribution in [3.63, 3.8) is 0 Å². The molecule has 10 nitrogen and oxygen atoms in total. The molecule has 2 aliphatic rings. The standard InChI is InChI=1S/C26H27N7O3/c1-3-10-32-24(34)21-14-29-25(30-19-5-4-17-6-8-27-13-18(17)11-19)31-23(21)33(32)20-7-9-28-22(12-20)26(35-2)15-36-16-26/h3-5,7,9,11-12,14,27H,1,6,8,10,13,15-16H2,2H3,(H,29,30,31). The summed E-state index contributed by atoms with van der Waals surface area (Å²) >= 11 is 0. The van der Waals surface area contributed by atoms with Crippen LogP contribution in [0.5, 0.6) is 0 Å². The zero-order chi connectivity index (χ0) is 24.7. The molecule has 1 saturated heterocycles. The number of allylic oxidation sites excluding steroid dienone is 1. The second kappa shape index (κ2) is 8.98. The lowest BCUT2D eigenvalue weighted by Gasteiger charge is -2.39. The first kappa shape index (κ1) is 22.6. The van der Waals surface area contributed by atoms with Gasteiger partial charge in [-0.3, -0.25) is 9.78 Å². The van der Waals surface area contributed by atoms with Gasteiger partial charge in [-0.25, -0.2) is 14.3 Å². The average Bonchev–Trinajstić information content (AvgIpc) is 3.15. The number of pyridine rings is 1. The van der Waals surface area contributed by atoms with E-state index in [1.54, 1.807) is 34.9 Å². The van der Waals surface area contributed by atoms with E-state index in [0.29, 0.717) is 36.7 Å². The topological polar surface area (TPSA) is 108 Å². The van der Waals surface area contributed by atoms with Gasteiger partial charge in [0.05, 0.1) is 31.1 Å². The zero-order valence-corrected chi connectivity index (χ0v) is 20.0. The van der Waals surface area contributed by atoms with Crippen molar-refractivity contribution in [2.75, 3.05) is 32.2 Å². The van der Waals surface area contributed by atoms with Crippen molar-refractivity contribution in [1.82, 2.24) is 29.6 Å². The number of hydrogen-bond acceptors (Lipinski definition) is 8. The predicted octanol–water partition coefficient (Wildman–Crippen LogP) is 2.42. The van der Waals surface area contributed by atoms with Gasteiger partial charge < -0.3 is 20.1 Å². The summed E-state index contributed by atoms with van der Waals surface area (Å²) in [6, 6.07) is 10.0. The van der Waals surface area contributed by atoms with Crippen molar-refractivity contribution in [3.05, 3.63) is 82.6 Å². The third-order valence-corrected chi connectivity index (χ3v) is 6.84. The molecule has 0 aliphatic carbocycles. The van der Waals surface area contributed by atoms with Crippen molar-refractivity contribution in [2.45, 2.75) is 25.1 Å². The number of benzene rings is 1. The van der Waals surface area contributed by atoms with Crippen molar-refractivity contribution >= 4 is 22.7 Å². The molecule has 36 heavy (non-hydrogen) atoms. The third kappa shape index (κ3) is 3.70. The number of rotatable bonds is 7. The molecule has 0 unspecified atom stereocenters. The van der Waals surface area contributed by atoms with E-state index in [0.717, 1.165) is 36.6 Å². The van der Waals surface area contributed by atoms with Gasteiger partial charge in [0.2, 0.25) is 5.95 Å². The fourth-order valence-electron chi connectivity index (χ4n) is 4.78. The molecule has 1 aromatic carbocycles. The van der Waals surface area contributed by atoms with Gasteiger partial charge in [-0.05, 0) is 48.4 Å². The average molecular weight is 486 g/mol. The van der Waals surface area contributed by atoms with Gasteiger partial charge in [0, 0.05) is 31.7 Å². The molecule has 0 bridgehead atoms. The second-order valence-electron chi connectivity index (χ2n) is 9.04. The normalized spacial score (nSPS) is 16.4. The van der Waals surface area contributed by atoms with Crippen LogP contribution in [0.1, 0.15) is 16.8 Å². The Labute approximate surface area is 207 Å². The van der Waals surface area contributed by atoms with Crippen LogP contribution < -0.4 is 16.2 Å². The molecule has 0 amide bonds. The highest BCUT2D eigenvalue weighted by Gasteiger charge is 2.42. The summed E-state index contributed by atoms with van der Waals surface area (Å²) in [7, 11) is 1.65. The van der Waals surface area contributed by atoms with Crippen LogP contribution in [0.25, 0.3) is 16.7 Å². The number of fused-ring (bicyclic) bond motifs is 2. The Kier molecular flexibility index (Phi) is 5.63. The van der Waals surface area contributed by atoms with Gasteiger partial charge in [0.1, 0.15) is 5.39 Å². The summed E-state index contributed by atoms with van der Waals surface area (Å²) < 4.78 is 14.5. The first-order valence-corrected chi connectivity index (χ1v) is 11.9. The summed E-state index contributed by atoms with van der Waals surface area (Å²) in [6.45, 7) is 6.83. The SMILES string of the molecule is C=CCn1c(=O)c2cnc(Nc3ccc4c(c3)CNCC4)nc2n1-c1ccnc(C2(OC)COC2)c1. The molecular formula is C26H27N7O3. The fourth-order valence-corrected chi connectivity index (χ4v) is 4.78. The van der Waals surface area contributed by atoms with Crippen LogP contribution in [0, 0.1) is 0 Å². The summed E-state index contributed by atoms with van der Waals surface area (Å²) in [5.41, 5.74) is 4.70. The molecule has 10 heteroatoms. The van der Waals surface area contributed by atoms with Gasteiger partial charge in [0.15, 0.2) is 11.2 Å². The van der Waals surface area contributed by atoms with Gasteiger partial charge in [0.25, 0.3) is 5.56 Å². The van der Waals surface area contributed by atoms with E-state index >= 15 is 0 Å². The molecular weight excluding hydrogens is 458 g/mol. The molecule has 184 valence electrons. The molecule has 0 radical (unpaired) electrons. The minimum atomic E-state index is -0.592. The van der Waals surface area contributed by atoms with Crippen molar-refractivity contribution in [2.24, 2.45) is 0 Å². The molecule has 4 aromatic rings. The maximum atomic E-state index is 13.3. The van der Waals surface area contributed by atoms with E-state index in [1.807, 2.05) is 18.2 Å². The molecule has 6 rings (SSSR count). The largest absolute Gasteiger partial charge is 0.374 e. The summed E-state index contributed by atoms with van der Waals surface area (Å²) in [6.07, 6.45) is 5.98. The van der Waals surface area contributed by atoms with Crippen molar-refractivity contribution in [1.29, 1.82) is 0 Å². The van der Waals surface area contributed by atoms with E-state index in [1.165, 1.54) is 11.1 Å². The molecule has 5 heterocycles. The maximum absolute atomic E-state index is 13.3. The highest BCUT2D eigenvalue weighted by Crippen LogP contribution is 2.33. The van der Waals surface area contributed by atoms with E-state index in [2.05, 4.69) is 39.3 Å². The highest BCUT2D eigenvalue weighted by molar-refractivity contribution is 5.77. The number of methoxy groups -OCH3 is 1. The minimum Gasteiger partial charge on any atom is -0.374 e. The number of nitrogens with one attached hydrogen (secondary N) is 2. The van der Waals surface area contributed by atoms with Crippen LogP contribution in [0.15, 0.2) is 60.2 Å². The highest BCUT2D eigenvalue weighted by atomic mass is 16.6. The number of hydrogen-bond donors (Lipinski definition) is 2. The van der Waals surface area contributed by atoms with Gasteiger partial charge in [-0.2, -0.15) is 4.98 Å². The first-order valence-electron chi connectivity index (χ1n) is 11.9. The molecule has 2 N–H and O–H groups in total. The van der Waals surface area contributed by atoms with E-state index in [9.17, 15) is 4.79 Å². The summed E-state index contributed by atoms with van der Waals surface area (Å²) in [4.78, 5) is 27.0. The first-order chi connectivity index (χ1) is 17.6. The monoisotopic (exact) mass is 485 g/mol. The van der Waals surface area contributed by atoms with Crippen LogP contribution in [-0.2, 0) is 34.6 Å². The lowest BCUT2D eigenvalue weighted by Crippen LogP contribution is -2.48. The predicted molar refractivity (Wildman–Crippen MR) is 136 cm³/mol. The Morgan fingerprint density at radius 3 is 2.92 bits per heavy atom. The Balaban J connectivity index is 1.44. The Bertz CT molecular complexity index is 1510. The van der Waals surface area contributed by atoms with Gasteiger partial charge >= 0.3 is 0 Å². The van der Waals surface area contributed by atoms with E-state index in [-0.39, 0.29) is 5.56 Å². The van der Waals surface area contributed by atoms with Gasteiger partial charge in [-0.15, -0.1) is 6.58 Å². The van der Waals surface area contributed by atoms with Crippen molar-refractivity contribution < 1.29 is 9.47 Å². The molecule has 0 spiro atoms. The molecule has 3 aromatic heterocycles. The molecule has 0 atom stereocenters. The third-order valence-electron chi connectivity index (χ3n) is 6.84. The smallest absolute Gasteiger partial charge is 0.278 e. The van der Waals surface area contributed by atoms with Crippen LogP contribution in [0.4, 0.5) is 11.6 Å². The van der Waals surface area contributed by atoms with E-state index < -0.39 is 5.60 Å². The minimum absolute atomic E-state index is 0.192. The summed E-state index contributed by atoms with van der Waals surface area (Å²) in [5.74, 6) is 0.408. The van der Waals surface area contributed by atoms with Crippen LogP contribution in [-0.4, -0.2) is 51.2 Å². The maximum Gasteiger partial charge on any atom is 0.278 e. The van der Waals surface area contributed by atoms with E-state index in [4.69, 9.17) is 14.5 Å². The molecule has 2 aliphatic heterocycles. The Hall–Kier alpha value is -3.86. The lowest BCUT2D eigenvalue weighted by atomic mass is 9.96. The van der Waals surface area contributed by atoms with Crippen LogP contribution in [0.3, 0.4) is 0 Å². The van der Waals surface area contributed by atoms with Crippen LogP contribution in [0.2, 0.25) is 0 Å². The molecule has 1 fully saturated rings. The molecule has 0 saturated carbocycles. The number of ether oxygens (including phenoxy) is 2. The number of aromatic nitrogens is 5. The second-order valence-corrected chi connectivity index (χ2v) is 9.04. The summed E-state index contributed by atoms with van der Waals surface area (Å²) in [5, 5.41) is 7.13. The number of anilines is 2. The van der Waals surface area contributed by atoms with Crippen molar-refractivity contribution in [3.8, 4) is 5.69 Å². The quantitative estimate of drug-likeness (QED) is 0.384. The Morgan fingerprint density at radius 1 is 1.25 bits per heavy atom. The number of nitrogens with zero attached hydrogens (tertiary/aromatic N) is 5. The van der Waals surface area contributed by atoms with Gasteiger partial charge in [-0.1, -0.05) is 12.1 Å². The van der Waals surface area contributed by atoms with Crippen LogP contribution >= 0.6 is 0 Å². The lowest BCUT2D eigenvalue weighted by molar-refractivity contribution is -0.204. The fraction of sp³-hybridized carbons (Fsp3) is 0.308.